The van der Waals surface area contributed by atoms with Crippen molar-refractivity contribution in [2.75, 3.05) is 13.6 Å². The molecular weight excluding hydrogens is 276 g/mol. The van der Waals surface area contributed by atoms with Crippen LogP contribution in [-0.4, -0.2) is 13.6 Å². The fourth-order valence-corrected chi connectivity index (χ4v) is 1.75. The van der Waals surface area contributed by atoms with Gasteiger partial charge in [-0.25, -0.2) is 8.78 Å². The van der Waals surface area contributed by atoms with E-state index in [0.29, 0.717) is 5.57 Å². The molecule has 0 atom stereocenters. The SMILES string of the molecule is CNCC/C=C(/C)c1c(F)ccc(Br)c1F. The van der Waals surface area contributed by atoms with Crippen molar-refractivity contribution >= 4 is 21.5 Å². The van der Waals surface area contributed by atoms with E-state index in [1.54, 1.807) is 6.92 Å². The Labute approximate surface area is 103 Å². The predicted octanol–water partition coefficient (Wildman–Crippen LogP) is 3.74. The molecule has 0 amide bonds. The molecule has 0 saturated carbocycles. The highest BCUT2D eigenvalue weighted by atomic mass is 79.9. The Kier molecular flexibility index (Phi) is 5.09. The molecule has 0 spiro atoms. The lowest BCUT2D eigenvalue weighted by Gasteiger charge is -2.07. The fraction of sp³-hybridized carbons (Fsp3) is 0.333. The molecule has 0 fully saturated rings. The minimum Gasteiger partial charge on any atom is -0.319 e. The van der Waals surface area contributed by atoms with Crippen LogP contribution in [0.4, 0.5) is 8.78 Å². The molecule has 16 heavy (non-hydrogen) atoms. The minimum absolute atomic E-state index is 0.0467. The molecule has 4 heteroatoms. The maximum absolute atomic E-state index is 13.7. The van der Waals surface area contributed by atoms with E-state index in [0.717, 1.165) is 13.0 Å². The fourth-order valence-electron chi connectivity index (χ4n) is 1.42. The molecule has 0 bridgehead atoms. The summed E-state index contributed by atoms with van der Waals surface area (Å²) in [6, 6.07) is 2.63. The van der Waals surface area contributed by atoms with Gasteiger partial charge in [0.05, 0.1) is 4.47 Å². The second-order valence-corrected chi connectivity index (χ2v) is 4.35. The second-order valence-electron chi connectivity index (χ2n) is 3.50. The average Bonchev–Trinajstić information content (AvgIpc) is 2.24. The quantitative estimate of drug-likeness (QED) is 0.658. The molecule has 1 nitrogen and oxygen atoms in total. The van der Waals surface area contributed by atoms with Gasteiger partial charge < -0.3 is 5.32 Å². The van der Waals surface area contributed by atoms with E-state index in [1.165, 1.54) is 12.1 Å². The van der Waals surface area contributed by atoms with Crippen molar-refractivity contribution in [3.05, 3.63) is 39.9 Å². The Morgan fingerprint density at radius 1 is 1.44 bits per heavy atom. The van der Waals surface area contributed by atoms with Crippen molar-refractivity contribution in [3.8, 4) is 0 Å². The number of allylic oxidation sites excluding steroid dienone is 1. The first-order valence-corrected chi connectivity index (χ1v) is 5.82. The third-order valence-electron chi connectivity index (χ3n) is 2.28. The summed E-state index contributed by atoms with van der Waals surface area (Å²) in [6.07, 6.45) is 2.57. The number of hydrogen-bond donors (Lipinski definition) is 1. The van der Waals surface area contributed by atoms with E-state index < -0.39 is 11.6 Å². The van der Waals surface area contributed by atoms with Gasteiger partial charge in [-0.1, -0.05) is 6.08 Å². The molecule has 1 rings (SSSR count). The number of nitrogens with one attached hydrogen (secondary N) is 1. The summed E-state index contributed by atoms with van der Waals surface area (Å²) in [5.41, 5.74) is 0.664. The Hall–Kier alpha value is -0.740. The largest absolute Gasteiger partial charge is 0.319 e. The summed E-state index contributed by atoms with van der Waals surface area (Å²) >= 11 is 3.05. The van der Waals surface area contributed by atoms with Gasteiger partial charge in [0.15, 0.2) is 0 Å². The maximum Gasteiger partial charge on any atom is 0.147 e. The first kappa shape index (κ1) is 13.3. The first-order valence-electron chi connectivity index (χ1n) is 5.03. The summed E-state index contributed by atoms with van der Waals surface area (Å²) < 4.78 is 27.4. The summed E-state index contributed by atoms with van der Waals surface area (Å²) in [5.74, 6) is -1.07. The van der Waals surface area contributed by atoms with E-state index in [-0.39, 0.29) is 10.0 Å². The van der Waals surface area contributed by atoms with Gasteiger partial charge in [-0.15, -0.1) is 0 Å². The van der Waals surface area contributed by atoms with Crippen LogP contribution in [0.15, 0.2) is 22.7 Å². The third-order valence-corrected chi connectivity index (χ3v) is 2.90. The molecule has 1 N–H and O–H groups in total. The smallest absolute Gasteiger partial charge is 0.147 e. The maximum atomic E-state index is 13.7. The highest BCUT2D eigenvalue weighted by molar-refractivity contribution is 9.10. The van der Waals surface area contributed by atoms with Gasteiger partial charge in [0.2, 0.25) is 0 Å². The van der Waals surface area contributed by atoms with E-state index in [1.807, 2.05) is 13.1 Å². The van der Waals surface area contributed by atoms with Gasteiger partial charge in [-0.3, -0.25) is 0 Å². The molecule has 0 heterocycles. The topological polar surface area (TPSA) is 12.0 Å². The molecule has 88 valence electrons. The lowest BCUT2D eigenvalue weighted by atomic mass is 10.1. The predicted molar refractivity (Wildman–Crippen MR) is 66.3 cm³/mol. The van der Waals surface area contributed by atoms with Gasteiger partial charge >= 0.3 is 0 Å². The van der Waals surface area contributed by atoms with Crippen molar-refractivity contribution in [1.82, 2.24) is 5.32 Å². The second kappa shape index (κ2) is 6.11. The number of benzene rings is 1. The number of hydrogen-bond acceptors (Lipinski definition) is 1. The zero-order valence-electron chi connectivity index (χ0n) is 9.28. The van der Waals surface area contributed by atoms with Crippen molar-refractivity contribution < 1.29 is 8.78 Å². The van der Waals surface area contributed by atoms with Crippen LogP contribution < -0.4 is 5.32 Å². The zero-order chi connectivity index (χ0) is 12.1. The molecule has 0 radical (unpaired) electrons. The van der Waals surface area contributed by atoms with E-state index in [4.69, 9.17) is 0 Å². The van der Waals surface area contributed by atoms with Crippen molar-refractivity contribution in [2.45, 2.75) is 13.3 Å². The van der Waals surface area contributed by atoms with Crippen LogP contribution in [0.1, 0.15) is 18.9 Å². The molecule has 0 aromatic heterocycles. The Bertz CT molecular complexity index is 402. The van der Waals surface area contributed by atoms with Crippen molar-refractivity contribution in [2.24, 2.45) is 0 Å². The monoisotopic (exact) mass is 289 g/mol. The highest BCUT2D eigenvalue weighted by Crippen LogP contribution is 2.27. The van der Waals surface area contributed by atoms with E-state index in [2.05, 4.69) is 21.2 Å². The number of halogens is 3. The summed E-state index contributed by atoms with van der Waals surface area (Å²) in [6.45, 7) is 2.50. The Morgan fingerprint density at radius 2 is 2.12 bits per heavy atom. The minimum atomic E-state index is -0.543. The van der Waals surface area contributed by atoms with Gasteiger partial charge in [0.1, 0.15) is 11.6 Å². The molecular formula is C12H14BrF2N. The Balaban J connectivity index is 3.03. The van der Waals surface area contributed by atoms with Gasteiger partial charge in [0.25, 0.3) is 0 Å². The van der Waals surface area contributed by atoms with Crippen LogP contribution in [0.5, 0.6) is 0 Å². The average molecular weight is 290 g/mol. The van der Waals surface area contributed by atoms with Crippen LogP contribution >= 0.6 is 15.9 Å². The molecule has 0 saturated heterocycles. The lowest BCUT2D eigenvalue weighted by Crippen LogP contribution is -2.06. The van der Waals surface area contributed by atoms with Crippen molar-refractivity contribution in [3.63, 3.8) is 0 Å². The van der Waals surface area contributed by atoms with Crippen LogP contribution in [0.2, 0.25) is 0 Å². The van der Waals surface area contributed by atoms with Crippen LogP contribution in [-0.2, 0) is 0 Å². The molecule has 0 aliphatic carbocycles. The molecule has 1 aromatic rings. The molecule has 1 aromatic carbocycles. The summed E-state index contributed by atoms with van der Waals surface area (Å²) in [5, 5.41) is 2.97. The van der Waals surface area contributed by atoms with E-state index >= 15 is 0 Å². The molecule has 0 aliphatic heterocycles. The normalized spacial score (nSPS) is 11.9. The highest BCUT2D eigenvalue weighted by Gasteiger charge is 2.13. The standard InChI is InChI=1S/C12H14BrF2N/c1-8(4-3-7-16-2)11-10(14)6-5-9(13)12(11)15/h4-6,16H,3,7H2,1-2H3/b8-4-. The Morgan fingerprint density at radius 3 is 2.75 bits per heavy atom. The first-order chi connectivity index (χ1) is 7.57. The van der Waals surface area contributed by atoms with Crippen LogP contribution in [0.3, 0.4) is 0 Å². The van der Waals surface area contributed by atoms with Crippen LogP contribution in [0.25, 0.3) is 5.57 Å². The number of rotatable bonds is 4. The molecule has 0 aliphatic rings. The summed E-state index contributed by atoms with van der Waals surface area (Å²) in [7, 11) is 1.84. The van der Waals surface area contributed by atoms with Crippen molar-refractivity contribution in [1.29, 1.82) is 0 Å². The van der Waals surface area contributed by atoms with Gasteiger partial charge in [0, 0.05) is 5.56 Å². The van der Waals surface area contributed by atoms with Gasteiger partial charge in [-0.05, 0) is 60.6 Å². The summed E-state index contributed by atoms with van der Waals surface area (Å²) in [4.78, 5) is 0. The van der Waals surface area contributed by atoms with Gasteiger partial charge in [-0.2, -0.15) is 0 Å². The third kappa shape index (κ3) is 3.12. The zero-order valence-corrected chi connectivity index (χ0v) is 10.9. The van der Waals surface area contributed by atoms with Crippen LogP contribution in [0, 0.1) is 11.6 Å². The molecule has 0 unspecified atom stereocenters. The van der Waals surface area contributed by atoms with E-state index in [9.17, 15) is 8.78 Å². The lowest BCUT2D eigenvalue weighted by molar-refractivity contribution is 0.572.